The molecule has 3 rings (SSSR count). The summed E-state index contributed by atoms with van der Waals surface area (Å²) >= 11 is 12.8. The fourth-order valence-electron chi connectivity index (χ4n) is 2.66. The van der Waals surface area contributed by atoms with E-state index in [0.717, 1.165) is 22.7 Å². The summed E-state index contributed by atoms with van der Waals surface area (Å²) in [6.45, 7) is 0. The Morgan fingerprint density at radius 1 is 1.12 bits per heavy atom. The van der Waals surface area contributed by atoms with E-state index in [1.165, 1.54) is 56.6 Å². The lowest BCUT2D eigenvalue weighted by molar-refractivity contribution is -0.135. The van der Waals surface area contributed by atoms with Gasteiger partial charge in [-0.15, -0.1) is 0 Å². The molecule has 3 amide bonds. The number of hydrogen-bond donors (Lipinski definition) is 1. The maximum absolute atomic E-state index is 13.0. The zero-order valence-electron chi connectivity index (χ0n) is 16.7. The summed E-state index contributed by atoms with van der Waals surface area (Å²) < 4.78 is 4.59. The molecule has 1 heterocycles. The number of aliphatic imine (C=N–C) groups is 1. The van der Waals surface area contributed by atoms with Crippen LogP contribution in [0.5, 0.6) is 0 Å². The van der Waals surface area contributed by atoms with Crippen molar-refractivity contribution in [2.24, 2.45) is 4.99 Å². The Hall–Kier alpha value is -3.14. The molecule has 1 fully saturated rings. The van der Waals surface area contributed by atoms with Crippen molar-refractivity contribution in [3.8, 4) is 0 Å². The Kier molecular flexibility index (Phi) is 7.34. The van der Waals surface area contributed by atoms with Crippen LogP contribution in [0.2, 0.25) is 10.0 Å². The summed E-state index contributed by atoms with van der Waals surface area (Å²) in [5.74, 6) is -2.31. The smallest absolute Gasteiger partial charge is 0.331 e. The Bertz CT molecular complexity index is 1180. The summed E-state index contributed by atoms with van der Waals surface area (Å²) in [6.07, 6.45) is 1.02. The van der Waals surface area contributed by atoms with Crippen LogP contribution in [-0.2, 0) is 14.3 Å². The SMILES string of the molecule is CNC(=O)c1ccc(N2C(=O)C(=CC(=O)OC)SC2=NC(=O)c2ccc(Cl)cc2Cl)cc1. The third-order valence-corrected chi connectivity index (χ3v) is 5.75. The van der Waals surface area contributed by atoms with Gasteiger partial charge in [0.05, 0.1) is 28.3 Å². The number of methoxy groups -OCH3 is 1. The second kappa shape index (κ2) is 9.99. The predicted octanol–water partition coefficient (Wildman–Crippen LogP) is 3.69. The molecule has 11 heteroatoms. The summed E-state index contributed by atoms with van der Waals surface area (Å²) in [4.78, 5) is 54.4. The zero-order valence-corrected chi connectivity index (χ0v) is 19.0. The molecule has 0 aliphatic carbocycles. The number of esters is 1. The number of thioether (sulfide) groups is 1. The first-order valence-electron chi connectivity index (χ1n) is 8.97. The van der Waals surface area contributed by atoms with Crippen molar-refractivity contribution in [2.75, 3.05) is 19.1 Å². The van der Waals surface area contributed by atoms with Crippen LogP contribution in [-0.4, -0.2) is 43.0 Å². The molecular formula is C21H15Cl2N3O5S. The minimum atomic E-state index is -0.732. The molecule has 0 atom stereocenters. The molecule has 1 aliphatic heterocycles. The first-order valence-corrected chi connectivity index (χ1v) is 10.5. The number of rotatable bonds is 4. The van der Waals surface area contributed by atoms with Crippen LogP contribution >= 0.6 is 35.0 Å². The van der Waals surface area contributed by atoms with Crippen molar-refractivity contribution < 1.29 is 23.9 Å². The monoisotopic (exact) mass is 491 g/mol. The lowest BCUT2D eigenvalue weighted by Crippen LogP contribution is -2.29. The van der Waals surface area contributed by atoms with Crippen LogP contribution < -0.4 is 10.2 Å². The van der Waals surface area contributed by atoms with Gasteiger partial charge in [-0.2, -0.15) is 4.99 Å². The molecule has 8 nitrogen and oxygen atoms in total. The van der Waals surface area contributed by atoms with Crippen LogP contribution in [0.25, 0.3) is 0 Å². The molecule has 0 radical (unpaired) electrons. The molecule has 2 aromatic carbocycles. The maximum atomic E-state index is 13.0. The molecule has 32 heavy (non-hydrogen) atoms. The number of nitrogens with one attached hydrogen (secondary N) is 1. The average molecular weight is 492 g/mol. The van der Waals surface area contributed by atoms with Crippen LogP contribution in [0.1, 0.15) is 20.7 Å². The molecule has 2 aromatic rings. The quantitative estimate of drug-likeness (QED) is 0.516. The first kappa shape index (κ1) is 23.5. The van der Waals surface area contributed by atoms with E-state index in [1.807, 2.05) is 0 Å². The van der Waals surface area contributed by atoms with Crippen molar-refractivity contribution >= 4 is 69.5 Å². The number of ether oxygens (including phenoxy) is 1. The van der Waals surface area contributed by atoms with Crippen LogP contribution in [0.15, 0.2) is 58.4 Å². The highest BCUT2D eigenvalue weighted by Gasteiger charge is 2.36. The summed E-state index contributed by atoms with van der Waals surface area (Å²) in [7, 11) is 2.68. The molecule has 1 N–H and O–H groups in total. The van der Waals surface area contributed by atoms with Gasteiger partial charge in [0.25, 0.3) is 17.7 Å². The molecule has 0 unspecified atom stereocenters. The molecule has 164 valence electrons. The van der Waals surface area contributed by atoms with Gasteiger partial charge in [0.2, 0.25) is 0 Å². The second-order valence-electron chi connectivity index (χ2n) is 6.22. The van der Waals surface area contributed by atoms with E-state index in [0.29, 0.717) is 16.3 Å². The largest absolute Gasteiger partial charge is 0.466 e. The third-order valence-electron chi connectivity index (χ3n) is 4.23. The lowest BCUT2D eigenvalue weighted by Gasteiger charge is -2.16. The molecule has 0 spiro atoms. The normalized spacial score (nSPS) is 15.9. The van der Waals surface area contributed by atoms with Crippen molar-refractivity contribution in [2.45, 2.75) is 0 Å². The number of nitrogens with zero attached hydrogens (tertiary/aromatic N) is 2. The van der Waals surface area contributed by atoms with E-state index in [9.17, 15) is 19.2 Å². The number of carbonyl (C=O) groups excluding carboxylic acids is 4. The van der Waals surface area contributed by atoms with Gasteiger partial charge < -0.3 is 10.1 Å². The highest BCUT2D eigenvalue weighted by atomic mass is 35.5. The Balaban J connectivity index is 2.04. The number of halogens is 2. The van der Waals surface area contributed by atoms with Gasteiger partial charge in [0, 0.05) is 23.7 Å². The van der Waals surface area contributed by atoms with Crippen LogP contribution in [0.3, 0.4) is 0 Å². The number of benzene rings is 2. The van der Waals surface area contributed by atoms with Gasteiger partial charge in [0.15, 0.2) is 5.17 Å². The summed E-state index contributed by atoms with van der Waals surface area (Å²) in [5, 5.41) is 2.97. The van der Waals surface area contributed by atoms with Gasteiger partial charge in [-0.1, -0.05) is 23.2 Å². The third kappa shape index (κ3) is 5.01. The highest BCUT2D eigenvalue weighted by molar-refractivity contribution is 8.19. The van der Waals surface area contributed by atoms with Gasteiger partial charge in [-0.25, -0.2) is 4.79 Å². The van der Waals surface area contributed by atoms with Gasteiger partial charge in [-0.05, 0) is 54.2 Å². The highest BCUT2D eigenvalue weighted by Crippen LogP contribution is 2.35. The van der Waals surface area contributed by atoms with E-state index in [2.05, 4.69) is 15.0 Å². The number of amidine groups is 1. The van der Waals surface area contributed by atoms with Crippen LogP contribution in [0, 0.1) is 0 Å². The zero-order chi connectivity index (χ0) is 23.4. The topological polar surface area (TPSA) is 105 Å². The van der Waals surface area contributed by atoms with Crippen LogP contribution in [0.4, 0.5) is 5.69 Å². The number of carbonyl (C=O) groups is 4. The number of amides is 3. The van der Waals surface area contributed by atoms with Crippen molar-refractivity contribution in [3.63, 3.8) is 0 Å². The first-order chi connectivity index (χ1) is 15.2. The van der Waals surface area contributed by atoms with E-state index in [-0.39, 0.29) is 26.6 Å². The van der Waals surface area contributed by atoms with E-state index in [1.54, 1.807) is 0 Å². The summed E-state index contributed by atoms with van der Waals surface area (Å²) in [5.41, 5.74) is 0.817. The molecule has 1 saturated heterocycles. The second-order valence-corrected chi connectivity index (χ2v) is 8.08. The Morgan fingerprint density at radius 3 is 2.41 bits per heavy atom. The van der Waals surface area contributed by atoms with Gasteiger partial charge in [0.1, 0.15) is 0 Å². The van der Waals surface area contributed by atoms with Crippen molar-refractivity contribution in [1.82, 2.24) is 5.32 Å². The molecule has 0 bridgehead atoms. The van der Waals surface area contributed by atoms with E-state index >= 15 is 0 Å². The molecular weight excluding hydrogens is 477 g/mol. The van der Waals surface area contributed by atoms with Gasteiger partial charge in [-0.3, -0.25) is 19.3 Å². The van der Waals surface area contributed by atoms with E-state index in [4.69, 9.17) is 23.2 Å². The average Bonchev–Trinajstić information content (AvgIpc) is 3.07. The lowest BCUT2D eigenvalue weighted by atomic mass is 10.2. The summed E-state index contributed by atoms with van der Waals surface area (Å²) in [6, 6.07) is 10.4. The van der Waals surface area contributed by atoms with E-state index < -0.39 is 17.8 Å². The molecule has 1 aliphatic rings. The van der Waals surface area contributed by atoms with Gasteiger partial charge >= 0.3 is 5.97 Å². The maximum Gasteiger partial charge on any atom is 0.331 e. The molecule has 0 aromatic heterocycles. The fraction of sp³-hybridized carbons (Fsp3) is 0.0952. The van der Waals surface area contributed by atoms with Crippen molar-refractivity contribution in [3.05, 3.63) is 74.6 Å². The predicted molar refractivity (Wildman–Crippen MR) is 123 cm³/mol. The molecule has 0 saturated carbocycles. The Morgan fingerprint density at radius 2 is 1.81 bits per heavy atom. The Labute approximate surface area is 197 Å². The standard InChI is InChI=1S/C21H15Cl2N3O5S/c1-24-18(28)11-3-6-13(7-4-11)26-20(30)16(10-17(27)31-2)32-21(26)25-19(29)14-8-5-12(22)9-15(14)23/h3-10H,1-2H3,(H,24,28). The minimum absolute atomic E-state index is 0.00821. The van der Waals surface area contributed by atoms with Crippen molar-refractivity contribution in [1.29, 1.82) is 0 Å². The number of anilines is 1. The fourth-order valence-corrected chi connectivity index (χ4v) is 4.09. The minimum Gasteiger partial charge on any atom is -0.466 e. The number of hydrogen-bond acceptors (Lipinski definition) is 6.